The minimum absolute atomic E-state index is 0.0278. The minimum Gasteiger partial charge on any atom is -0.394 e. The molecule has 0 spiro atoms. The van der Waals surface area contributed by atoms with Crippen molar-refractivity contribution < 1.29 is 15.0 Å². The zero-order chi connectivity index (χ0) is 42.1. The zero-order valence-electron chi connectivity index (χ0n) is 39.6. The van der Waals surface area contributed by atoms with Crippen LogP contribution in [-0.2, 0) is 4.79 Å². The SMILES string of the molecule is CCCCCCCCCCC/C=C\C/C=C\CCCCCCCCCCCCCCCCCC(=O)NC(CO)C(O)CCCCCCCCCCCCCCCCC. The summed E-state index contributed by atoms with van der Waals surface area (Å²) in [7, 11) is 0. The fraction of sp³-hybridized carbons (Fsp3) is 0.907. The van der Waals surface area contributed by atoms with Crippen molar-refractivity contribution in [1.29, 1.82) is 0 Å². The van der Waals surface area contributed by atoms with Crippen LogP contribution in [0, 0.1) is 0 Å². The Labute approximate surface area is 364 Å². The molecule has 0 saturated heterocycles. The fourth-order valence-electron chi connectivity index (χ4n) is 8.39. The highest BCUT2D eigenvalue weighted by atomic mass is 16.3. The molecule has 0 aliphatic heterocycles. The molecule has 2 unspecified atom stereocenters. The van der Waals surface area contributed by atoms with E-state index in [0.717, 1.165) is 32.1 Å². The fourth-order valence-corrected chi connectivity index (χ4v) is 8.39. The van der Waals surface area contributed by atoms with Crippen molar-refractivity contribution in [2.24, 2.45) is 0 Å². The molecular formula is C54H105NO3. The quantitative estimate of drug-likeness (QED) is 0.0423. The molecule has 0 aromatic rings. The Morgan fingerprint density at radius 2 is 0.707 bits per heavy atom. The van der Waals surface area contributed by atoms with Crippen molar-refractivity contribution in [3.05, 3.63) is 24.3 Å². The van der Waals surface area contributed by atoms with Crippen LogP contribution in [0.5, 0.6) is 0 Å². The van der Waals surface area contributed by atoms with E-state index in [0.29, 0.717) is 12.8 Å². The third kappa shape index (κ3) is 45.9. The minimum atomic E-state index is -0.657. The van der Waals surface area contributed by atoms with Gasteiger partial charge in [0.05, 0.1) is 18.8 Å². The van der Waals surface area contributed by atoms with Gasteiger partial charge in [-0.1, -0.05) is 269 Å². The predicted molar refractivity (Wildman–Crippen MR) is 258 cm³/mol. The van der Waals surface area contributed by atoms with Crippen molar-refractivity contribution >= 4 is 5.91 Å². The van der Waals surface area contributed by atoms with Crippen LogP contribution in [0.4, 0.5) is 0 Å². The van der Waals surface area contributed by atoms with Crippen molar-refractivity contribution in [3.8, 4) is 0 Å². The van der Waals surface area contributed by atoms with Gasteiger partial charge in [0.1, 0.15) is 0 Å². The number of amides is 1. The van der Waals surface area contributed by atoms with E-state index in [4.69, 9.17) is 0 Å². The van der Waals surface area contributed by atoms with Crippen LogP contribution in [0.25, 0.3) is 0 Å². The van der Waals surface area contributed by atoms with Crippen molar-refractivity contribution in [3.63, 3.8) is 0 Å². The van der Waals surface area contributed by atoms with Gasteiger partial charge in [0.25, 0.3) is 0 Å². The summed E-state index contributed by atoms with van der Waals surface area (Å²) < 4.78 is 0. The van der Waals surface area contributed by atoms with Crippen LogP contribution in [-0.4, -0.2) is 34.9 Å². The van der Waals surface area contributed by atoms with Crippen LogP contribution < -0.4 is 5.32 Å². The maximum atomic E-state index is 12.5. The van der Waals surface area contributed by atoms with Gasteiger partial charge in [-0.3, -0.25) is 4.79 Å². The second-order valence-corrected chi connectivity index (χ2v) is 18.3. The number of aliphatic hydroxyl groups excluding tert-OH is 2. The number of aliphatic hydroxyl groups is 2. The molecule has 3 N–H and O–H groups in total. The van der Waals surface area contributed by atoms with E-state index >= 15 is 0 Å². The Morgan fingerprint density at radius 1 is 0.414 bits per heavy atom. The summed E-state index contributed by atoms with van der Waals surface area (Å²) in [6, 6.07) is -0.534. The largest absolute Gasteiger partial charge is 0.394 e. The Hall–Kier alpha value is -1.13. The first kappa shape index (κ1) is 56.9. The molecule has 0 rings (SSSR count). The van der Waals surface area contributed by atoms with Crippen LogP contribution in [0.1, 0.15) is 296 Å². The summed E-state index contributed by atoms with van der Waals surface area (Å²) in [6.07, 6.45) is 65.8. The summed E-state index contributed by atoms with van der Waals surface area (Å²) in [5, 5.41) is 23.3. The summed E-state index contributed by atoms with van der Waals surface area (Å²) in [4.78, 5) is 12.5. The number of allylic oxidation sites excluding steroid dienone is 4. The van der Waals surface area contributed by atoms with Gasteiger partial charge in [0.15, 0.2) is 0 Å². The molecule has 0 aromatic heterocycles. The number of carbonyl (C=O) groups is 1. The van der Waals surface area contributed by atoms with Crippen LogP contribution >= 0.6 is 0 Å². The van der Waals surface area contributed by atoms with Crippen LogP contribution in [0.2, 0.25) is 0 Å². The molecule has 0 aromatic carbocycles. The van der Waals surface area contributed by atoms with E-state index < -0.39 is 12.1 Å². The smallest absolute Gasteiger partial charge is 0.220 e. The van der Waals surface area contributed by atoms with Gasteiger partial charge in [0.2, 0.25) is 5.91 Å². The number of hydrogen-bond donors (Lipinski definition) is 3. The van der Waals surface area contributed by atoms with Crippen LogP contribution in [0.15, 0.2) is 24.3 Å². The van der Waals surface area contributed by atoms with E-state index in [1.54, 1.807) is 0 Å². The lowest BCUT2D eigenvalue weighted by Gasteiger charge is -2.22. The second kappa shape index (κ2) is 50.2. The molecule has 0 fully saturated rings. The average Bonchev–Trinajstić information content (AvgIpc) is 3.23. The van der Waals surface area contributed by atoms with E-state index in [1.165, 1.54) is 238 Å². The van der Waals surface area contributed by atoms with E-state index in [2.05, 4.69) is 43.5 Å². The normalized spacial score (nSPS) is 13.0. The summed E-state index contributed by atoms with van der Waals surface area (Å²) in [6.45, 7) is 4.38. The molecule has 4 nitrogen and oxygen atoms in total. The Bertz CT molecular complexity index is 840. The Morgan fingerprint density at radius 3 is 1.03 bits per heavy atom. The topological polar surface area (TPSA) is 69.6 Å². The first-order valence-corrected chi connectivity index (χ1v) is 26.5. The van der Waals surface area contributed by atoms with Gasteiger partial charge in [-0.05, 0) is 44.9 Å². The average molecular weight is 816 g/mol. The highest BCUT2D eigenvalue weighted by Gasteiger charge is 2.20. The molecule has 0 saturated carbocycles. The molecular weight excluding hydrogens is 711 g/mol. The predicted octanol–water partition coefficient (Wildman–Crippen LogP) is 17.1. The maximum Gasteiger partial charge on any atom is 0.220 e. The third-order valence-electron chi connectivity index (χ3n) is 12.5. The zero-order valence-corrected chi connectivity index (χ0v) is 39.6. The van der Waals surface area contributed by atoms with Crippen molar-refractivity contribution in [2.75, 3.05) is 6.61 Å². The standard InChI is InChI=1S/C54H105NO3/c1-3-5-7-9-11-13-15-17-19-20-21-22-23-24-25-26-27-28-29-30-31-32-33-34-36-38-40-42-44-46-48-50-54(58)55-52(51-56)53(57)49-47-45-43-41-39-37-35-18-16-14-12-10-8-6-4-2/h21-22,24-25,52-53,56-57H,3-20,23,26-51H2,1-2H3,(H,55,58)/b22-21-,25-24-. The first-order chi connectivity index (χ1) is 28.7. The van der Waals surface area contributed by atoms with Gasteiger partial charge in [0, 0.05) is 6.42 Å². The third-order valence-corrected chi connectivity index (χ3v) is 12.5. The summed E-state index contributed by atoms with van der Waals surface area (Å²) >= 11 is 0. The molecule has 2 atom stereocenters. The van der Waals surface area contributed by atoms with Gasteiger partial charge >= 0.3 is 0 Å². The number of hydrogen-bond acceptors (Lipinski definition) is 3. The number of nitrogens with one attached hydrogen (secondary N) is 1. The van der Waals surface area contributed by atoms with Crippen LogP contribution in [0.3, 0.4) is 0 Å². The molecule has 0 radical (unpaired) electrons. The highest BCUT2D eigenvalue weighted by molar-refractivity contribution is 5.76. The summed E-state index contributed by atoms with van der Waals surface area (Å²) in [5.74, 6) is -0.0278. The Balaban J connectivity index is 3.43. The molecule has 58 heavy (non-hydrogen) atoms. The second-order valence-electron chi connectivity index (χ2n) is 18.3. The molecule has 0 bridgehead atoms. The van der Waals surface area contributed by atoms with Gasteiger partial charge in [-0.2, -0.15) is 0 Å². The number of unbranched alkanes of at least 4 members (excludes halogenated alkanes) is 38. The molecule has 0 heterocycles. The molecule has 4 heteroatoms. The van der Waals surface area contributed by atoms with E-state index in [-0.39, 0.29) is 12.5 Å². The van der Waals surface area contributed by atoms with Crippen molar-refractivity contribution in [1.82, 2.24) is 5.32 Å². The lowest BCUT2D eigenvalue weighted by molar-refractivity contribution is -0.123. The van der Waals surface area contributed by atoms with Gasteiger partial charge in [-0.15, -0.1) is 0 Å². The van der Waals surface area contributed by atoms with Gasteiger partial charge < -0.3 is 15.5 Å². The maximum absolute atomic E-state index is 12.5. The van der Waals surface area contributed by atoms with E-state index in [1.807, 2.05) is 0 Å². The lowest BCUT2D eigenvalue weighted by Crippen LogP contribution is -2.45. The molecule has 1 amide bonds. The highest BCUT2D eigenvalue weighted by Crippen LogP contribution is 2.17. The first-order valence-electron chi connectivity index (χ1n) is 26.5. The number of rotatable bonds is 49. The Kier molecular flexibility index (Phi) is 49.2. The van der Waals surface area contributed by atoms with Crippen molar-refractivity contribution in [2.45, 2.75) is 309 Å². The lowest BCUT2D eigenvalue weighted by atomic mass is 10.0. The van der Waals surface area contributed by atoms with Gasteiger partial charge in [-0.25, -0.2) is 0 Å². The summed E-state index contributed by atoms with van der Waals surface area (Å²) in [5.41, 5.74) is 0. The van der Waals surface area contributed by atoms with E-state index in [9.17, 15) is 15.0 Å². The monoisotopic (exact) mass is 816 g/mol. The number of carbonyl (C=O) groups excluding carboxylic acids is 1. The molecule has 0 aliphatic rings. The molecule has 0 aliphatic carbocycles. The molecule has 344 valence electrons.